The van der Waals surface area contributed by atoms with E-state index in [4.69, 9.17) is 0 Å². The molecule has 0 nitrogen and oxygen atoms in total. The summed E-state index contributed by atoms with van der Waals surface area (Å²) in [6.07, 6.45) is 1.35. The van der Waals surface area contributed by atoms with Crippen LogP contribution in [-0.4, -0.2) is 10.2 Å². The molecule has 0 heterocycles. The molecular weight excluding hydrogens is 100 g/mol. The van der Waals surface area contributed by atoms with Gasteiger partial charge in [0.2, 0.25) is 0 Å². The molecule has 0 radical (unpaired) electrons. The molecule has 7 heavy (non-hydrogen) atoms. The molecule has 0 aliphatic rings. The summed E-state index contributed by atoms with van der Waals surface area (Å²) in [5.74, 6) is 0.965. The molecule has 0 N–H and O–H groups in total. The van der Waals surface area contributed by atoms with Gasteiger partial charge in [0.05, 0.1) is 0 Å². The smallest absolute Gasteiger partial charge is 0.00671 e. The van der Waals surface area contributed by atoms with E-state index in [1.54, 1.807) is 0 Å². The molecule has 0 bridgehead atoms. The van der Waals surface area contributed by atoms with Crippen molar-refractivity contribution in [2.75, 3.05) is 0 Å². The van der Waals surface area contributed by atoms with Gasteiger partial charge in [-0.3, -0.25) is 0 Å². The van der Waals surface area contributed by atoms with Gasteiger partial charge >= 0.3 is 0 Å². The van der Waals surface area contributed by atoms with Gasteiger partial charge in [-0.2, -0.15) is 0 Å². The van der Waals surface area contributed by atoms with E-state index < -0.39 is 0 Å². The first-order valence-corrected chi connectivity index (χ1v) is 4.34. The topological polar surface area (TPSA) is 0 Å². The molecule has 0 aliphatic heterocycles. The van der Waals surface area contributed by atoms with E-state index in [1.807, 2.05) is 0 Å². The van der Waals surface area contributed by atoms with Crippen molar-refractivity contribution in [1.29, 1.82) is 0 Å². The van der Waals surface area contributed by atoms with E-state index >= 15 is 0 Å². The third kappa shape index (κ3) is 2.86. The maximum atomic E-state index is 2.33. The Morgan fingerprint density at radius 3 is 1.86 bits per heavy atom. The third-order valence-corrected chi connectivity index (χ3v) is 2.92. The van der Waals surface area contributed by atoms with E-state index in [1.165, 1.54) is 16.7 Å². The Balaban J connectivity index is 3.14. The summed E-state index contributed by atoms with van der Waals surface area (Å²) >= 11 is 0. The summed E-state index contributed by atoms with van der Waals surface area (Å²) < 4.78 is 0. The van der Waals surface area contributed by atoms with Crippen LogP contribution in [0.25, 0.3) is 0 Å². The van der Waals surface area contributed by atoms with Crippen LogP contribution < -0.4 is 0 Å². The Bertz CT molecular complexity index is 41.4. The molecule has 0 rings (SSSR count). The first-order valence-electron chi connectivity index (χ1n) is 3.18. The van der Waals surface area contributed by atoms with Crippen LogP contribution in [0.15, 0.2) is 0 Å². The van der Waals surface area contributed by atoms with Crippen molar-refractivity contribution in [2.24, 2.45) is 5.92 Å². The molecule has 1 heteroatoms. The first-order chi connectivity index (χ1) is 3.18. The van der Waals surface area contributed by atoms with Gasteiger partial charge in [-0.15, -0.1) is 0 Å². The van der Waals surface area contributed by atoms with Crippen LogP contribution in [0.5, 0.6) is 0 Å². The SMILES string of the molecule is CCC(C)C(C)[SiH3]. The Morgan fingerprint density at radius 2 is 1.86 bits per heavy atom. The summed E-state index contributed by atoms with van der Waals surface area (Å²) in [5, 5.41) is 0. The third-order valence-electron chi connectivity index (χ3n) is 1.78. The van der Waals surface area contributed by atoms with Crippen molar-refractivity contribution in [1.82, 2.24) is 0 Å². The fraction of sp³-hybridized carbons (Fsp3) is 1.00. The van der Waals surface area contributed by atoms with Crippen molar-refractivity contribution in [3.8, 4) is 0 Å². The summed E-state index contributed by atoms with van der Waals surface area (Å²) in [6.45, 7) is 6.93. The van der Waals surface area contributed by atoms with Crippen molar-refractivity contribution in [2.45, 2.75) is 32.7 Å². The van der Waals surface area contributed by atoms with Crippen LogP contribution in [0.3, 0.4) is 0 Å². The summed E-state index contributed by atoms with van der Waals surface area (Å²) in [6, 6.07) is 0. The lowest BCUT2D eigenvalue weighted by atomic mass is 10.1. The van der Waals surface area contributed by atoms with Gasteiger partial charge in [-0.1, -0.05) is 32.7 Å². The molecule has 0 fully saturated rings. The van der Waals surface area contributed by atoms with Crippen LogP contribution in [0.2, 0.25) is 5.54 Å². The minimum atomic E-state index is 0.965. The Kier molecular flexibility index (Phi) is 3.35. The normalized spacial score (nSPS) is 19.3. The molecule has 0 saturated heterocycles. The average Bonchev–Trinajstić information content (AvgIpc) is 1.65. The van der Waals surface area contributed by atoms with E-state index in [0.717, 1.165) is 11.5 Å². The molecular formula is C6H16Si. The molecule has 0 aliphatic carbocycles. The molecule has 0 aromatic carbocycles. The maximum Gasteiger partial charge on any atom is 0.00671 e. The molecule has 2 atom stereocenters. The second kappa shape index (κ2) is 3.25. The van der Waals surface area contributed by atoms with Gasteiger partial charge in [0.1, 0.15) is 0 Å². The zero-order valence-corrected chi connectivity index (χ0v) is 7.86. The van der Waals surface area contributed by atoms with Crippen molar-refractivity contribution in [3.05, 3.63) is 0 Å². The van der Waals surface area contributed by atoms with Crippen molar-refractivity contribution < 1.29 is 0 Å². The minimum Gasteiger partial charge on any atom is -0.0655 e. The number of hydrogen-bond donors (Lipinski definition) is 0. The predicted octanol–water partition coefficient (Wildman–Crippen LogP) is 1.21. The van der Waals surface area contributed by atoms with Gasteiger partial charge in [0, 0.05) is 10.2 Å². The van der Waals surface area contributed by atoms with Gasteiger partial charge in [-0.05, 0) is 5.92 Å². The molecule has 0 saturated carbocycles. The lowest BCUT2D eigenvalue weighted by Gasteiger charge is -2.10. The second-order valence-electron chi connectivity index (χ2n) is 2.63. The van der Waals surface area contributed by atoms with Gasteiger partial charge in [0.25, 0.3) is 0 Å². The molecule has 44 valence electrons. The zero-order valence-electron chi connectivity index (χ0n) is 5.86. The van der Waals surface area contributed by atoms with E-state index in [2.05, 4.69) is 20.8 Å². The predicted molar refractivity (Wildman–Crippen MR) is 38.8 cm³/mol. The van der Waals surface area contributed by atoms with Crippen LogP contribution in [0, 0.1) is 5.92 Å². The Morgan fingerprint density at radius 1 is 1.43 bits per heavy atom. The second-order valence-corrected chi connectivity index (χ2v) is 4.45. The van der Waals surface area contributed by atoms with Crippen LogP contribution in [0.1, 0.15) is 27.2 Å². The quantitative estimate of drug-likeness (QED) is 0.476. The largest absolute Gasteiger partial charge is 0.0655 e. The Hall–Kier alpha value is 0.217. The van der Waals surface area contributed by atoms with E-state index in [0.29, 0.717) is 0 Å². The average molecular weight is 116 g/mol. The number of rotatable bonds is 2. The molecule has 0 aromatic heterocycles. The highest BCUT2D eigenvalue weighted by molar-refractivity contribution is 6.11. The summed E-state index contributed by atoms with van der Waals surface area (Å²) in [5.41, 5.74) is 1.00. The highest BCUT2D eigenvalue weighted by atomic mass is 28.1. The van der Waals surface area contributed by atoms with Gasteiger partial charge < -0.3 is 0 Å². The Labute approximate surface area is 49.7 Å². The van der Waals surface area contributed by atoms with Crippen LogP contribution in [-0.2, 0) is 0 Å². The highest BCUT2D eigenvalue weighted by Crippen LogP contribution is 2.14. The zero-order chi connectivity index (χ0) is 5.86. The molecule has 0 amide bonds. The molecule has 0 aromatic rings. The van der Waals surface area contributed by atoms with E-state index in [9.17, 15) is 0 Å². The van der Waals surface area contributed by atoms with Crippen molar-refractivity contribution in [3.63, 3.8) is 0 Å². The maximum absolute atomic E-state index is 2.33. The minimum absolute atomic E-state index is 0.965. The van der Waals surface area contributed by atoms with Crippen molar-refractivity contribution >= 4 is 10.2 Å². The highest BCUT2D eigenvalue weighted by Gasteiger charge is 2.01. The monoisotopic (exact) mass is 116 g/mol. The van der Waals surface area contributed by atoms with Crippen LogP contribution in [0.4, 0.5) is 0 Å². The fourth-order valence-electron chi connectivity index (χ4n) is 0.471. The summed E-state index contributed by atoms with van der Waals surface area (Å²) in [4.78, 5) is 0. The van der Waals surface area contributed by atoms with Gasteiger partial charge in [-0.25, -0.2) is 0 Å². The summed E-state index contributed by atoms with van der Waals surface area (Å²) in [7, 11) is 1.36. The lowest BCUT2D eigenvalue weighted by molar-refractivity contribution is 0.544. The molecule has 0 spiro atoms. The van der Waals surface area contributed by atoms with Gasteiger partial charge in [0.15, 0.2) is 0 Å². The molecule has 2 unspecified atom stereocenters. The van der Waals surface area contributed by atoms with Crippen LogP contribution >= 0.6 is 0 Å². The standard InChI is InChI=1S/C6H16Si/c1-4-5(2)6(3)7/h5-6H,4H2,1-3,7H3. The first kappa shape index (κ1) is 7.22. The number of hydrogen-bond acceptors (Lipinski definition) is 0. The fourth-order valence-corrected chi connectivity index (χ4v) is 0.943. The lowest BCUT2D eigenvalue weighted by Crippen LogP contribution is -1.98. The van der Waals surface area contributed by atoms with E-state index in [-0.39, 0.29) is 0 Å².